The molecule has 1 unspecified atom stereocenters. The summed E-state index contributed by atoms with van der Waals surface area (Å²) in [4.78, 5) is 10.6. The minimum absolute atomic E-state index is 0.564. The molecule has 0 aliphatic heterocycles. The van der Waals surface area contributed by atoms with Crippen LogP contribution in [0, 0.1) is 12.8 Å². The van der Waals surface area contributed by atoms with Crippen LogP contribution in [-0.4, -0.2) is 24.0 Å². The molecule has 0 radical (unpaired) electrons. The van der Waals surface area contributed by atoms with E-state index in [9.17, 15) is 0 Å². The Balaban J connectivity index is 1.86. The Hall–Kier alpha value is -1.88. The quantitative estimate of drug-likeness (QED) is 0.604. The topological polar surface area (TPSA) is 49.3 Å². The summed E-state index contributed by atoms with van der Waals surface area (Å²) >= 11 is 1.82. The first-order chi connectivity index (χ1) is 11.2. The van der Waals surface area contributed by atoms with E-state index in [0.29, 0.717) is 12.5 Å². The minimum Gasteiger partial charge on any atom is -0.357 e. The van der Waals surface area contributed by atoms with E-state index < -0.39 is 0 Å². The Morgan fingerprint density at radius 2 is 2.13 bits per heavy atom. The molecule has 0 saturated heterocycles. The Morgan fingerprint density at radius 3 is 2.83 bits per heavy atom. The predicted octanol–water partition coefficient (Wildman–Crippen LogP) is 3.39. The molecule has 0 aromatic carbocycles. The van der Waals surface area contributed by atoms with Gasteiger partial charge in [0.2, 0.25) is 0 Å². The SMILES string of the molecule is CCNC(=NCc1cccc(C)n1)NCC(C)Cc1cccs1. The van der Waals surface area contributed by atoms with Crippen LogP contribution in [0.5, 0.6) is 0 Å². The molecule has 0 bridgehead atoms. The number of hydrogen-bond donors (Lipinski definition) is 2. The Morgan fingerprint density at radius 1 is 1.26 bits per heavy atom. The molecule has 0 aliphatic carbocycles. The molecule has 0 fully saturated rings. The minimum atomic E-state index is 0.564. The van der Waals surface area contributed by atoms with Crippen molar-refractivity contribution < 1.29 is 0 Å². The first kappa shape index (κ1) is 17.5. The fourth-order valence-electron chi connectivity index (χ4n) is 2.30. The summed E-state index contributed by atoms with van der Waals surface area (Å²) < 4.78 is 0. The third-order valence-corrected chi connectivity index (χ3v) is 4.34. The number of hydrogen-bond acceptors (Lipinski definition) is 3. The summed E-state index contributed by atoms with van der Waals surface area (Å²) in [5.41, 5.74) is 2.02. The zero-order valence-corrected chi connectivity index (χ0v) is 15.0. The fourth-order valence-corrected chi connectivity index (χ4v) is 3.17. The molecule has 0 spiro atoms. The van der Waals surface area contributed by atoms with E-state index in [-0.39, 0.29) is 0 Å². The second kappa shape index (κ2) is 9.30. The standard InChI is InChI=1S/C18H26N4S/c1-4-19-18(21-13-16-8-5-7-15(3)22-16)20-12-14(2)11-17-9-6-10-23-17/h5-10,14H,4,11-13H2,1-3H3,(H2,19,20,21). The lowest BCUT2D eigenvalue weighted by molar-refractivity contribution is 0.562. The number of nitrogens with one attached hydrogen (secondary N) is 2. The van der Waals surface area contributed by atoms with Crippen molar-refractivity contribution >= 4 is 17.3 Å². The third kappa shape index (κ3) is 6.40. The summed E-state index contributed by atoms with van der Waals surface area (Å²) in [6.07, 6.45) is 1.10. The maximum atomic E-state index is 4.63. The molecule has 124 valence electrons. The lowest BCUT2D eigenvalue weighted by atomic mass is 10.1. The number of guanidine groups is 1. The van der Waals surface area contributed by atoms with E-state index in [4.69, 9.17) is 0 Å². The van der Waals surface area contributed by atoms with Crippen LogP contribution in [0.2, 0.25) is 0 Å². The molecular formula is C18H26N4S. The third-order valence-electron chi connectivity index (χ3n) is 3.44. The molecule has 0 aliphatic rings. The smallest absolute Gasteiger partial charge is 0.191 e. The van der Waals surface area contributed by atoms with Crippen molar-refractivity contribution in [2.75, 3.05) is 13.1 Å². The number of aromatic nitrogens is 1. The highest BCUT2D eigenvalue weighted by atomic mass is 32.1. The van der Waals surface area contributed by atoms with Crippen LogP contribution < -0.4 is 10.6 Å². The summed E-state index contributed by atoms with van der Waals surface area (Å²) in [5.74, 6) is 1.42. The van der Waals surface area contributed by atoms with Crippen molar-refractivity contribution in [1.29, 1.82) is 0 Å². The van der Waals surface area contributed by atoms with Gasteiger partial charge >= 0.3 is 0 Å². The molecule has 0 saturated carbocycles. The lowest BCUT2D eigenvalue weighted by Crippen LogP contribution is -2.39. The van der Waals surface area contributed by atoms with Crippen molar-refractivity contribution in [2.45, 2.75) is 33.7 Å². The largest absolute Gasteiger partial charge is 0.357 e. The van der Waals surface area contributed by atoms with Crippen molar-refractivity contribution in [3.63, 3.8) is 0 Å². The molecule has 2 aromatic rings. The molecule has 23 heavy (non-hydrogen) atoms. The van der Waals surface area contributed by atoms with Crippen LogP contribution in [0.4, 0.5) is 0 Å². The monoisotopic (exact) mass is 330 g/mol. The van der Waals surface area contributed by atoms with Gasteiger partial charge in [-0.2, -0.15) is 0 Å². The lowest BCUT2D eigenvalue weighted by Gasteiger charge is -2.15. The Labute approximate surface area is 143 Å². The van der Waals surface area contributed by atoms with Crippen molar-refractivity contribution in [3.8, 4) is 0 Å². The molecule has 1 atom stereocenters. The Bertz CT molecular complexity index is 607. The van der Waals surface area contributed by atoms with Crippen LogP contribution in [0.15, 0.2) is 40.7 Å². The van der Waals surface area contributed by atoms with Gasteiger partial charge in [-0.05, 0) is 49.8 Å². The van der Waals surface area contributed by atoms with E-state index >= 15 is 0 Å². The van der Waals surface area contributed by atoms with Gasteiger partial charge in [0, 0.05) is 23.7 Å². The highest BCUT2D eigenvalue weighted by Crippen LogP contribution is 2.13. The van der Waals surface area contributed by atoms with Crippen molar-refractivity contribution in [1.82, 2.24) is 15.6 Å². The fraction of sp³-hybridized carbons (Fsp3) is 0.444. The van der Waals surface area contributed by atoms with Crippen LogP contribution in [0.3, 0.4) is 0 Å². The van der Waals surface area contributed by atoms with Crippen molar-refractivity contribution in [3.05, 3.63) is 52.0 Å². The number of nitrogens with zero attached hydrogens (tertiary/aromatic N) is 2. The van der Waals surface area contributed by atoms with E-state index in [1.807, 2.05) is 36.5 Å². The normalized spacial score (nSPS) is 12.9. The highest BCUT2D eigenvalue weighted by Gasteiger charge is 2.06. The van der Waals surface area contributed by atoms with Crippen molar-refractivity contribution in [2.24, 2.45) is 10.9 Å². The zero-order valence-electron chi connectivity index (χ0n) is 14.2. The Kier molecular flexibility index (Phi) is 7.07. The van der Waals surface area contributed by atoms with Gasteiger partial charge in [0.05, 0.1) is 12.2 Å². The van der Waals surface area contributed by atoms with Crippen LogP contribution in [0.1, 0.15) is 30.1 Å². The first-order valence-electron chi connectivity index (χ1n) is 8.14. The number of thiophene rings is 1. The van der Waals surface area contributed by atoms with E-state index in [2.05, 4.69) is 52.0 Å². The second-order valence-corrected chi connectivity index (χ2v) is 6.77. The molecular weight excluding hydrogens is 304 g/mol. The van der Waals surface area contributed by atoms with Crippen LogP contribution in [-0.2, 0) is 13.0 Å². The number of rotatable bonds is 7. The van der Waals surface area contributed by atoms with Crippen LogP contribution in [0.25, 0.3) is 0 Å². The summed E-state index contributed by atoms with van der Waals surface area (Å²) in [5, 5.41) is 8.86. The van der Waals surface area contributed by atoms with E-state index in [1.165, 1.54) is 4.88 Å². The zero-order chi connectivity index (χ0) is 16.5. The summed E-state index contributed by atoms with van der Waals surface area (Å²) in [6.45, 7) is 8.70. The van der Waals surface area contributed by atoms with Crippen LogP contribution >= 0.6 is 11.3 Å². The van der Waals surface area contributed by atoms with Gasteiger partial charge in [0.15, 0.2) is 5.96 Å². The summed E-state index contributed by atoms with van der Waals surface area (Å²) in [6, 6.07) is 10.4. The summed E-state index contributed by atoms with van der Waals surface area (Å²) in [7, 11) is 0. The molecule has 2 N–H and O–H groups in total. The van der Waals surface area contributed by atoms with Gasteiger partial charge in [-0.15, -0.1) is 11.3 Å². The van der Waals surface area contributed by atoms with Gasteiger partial charge < -0.3 is 10.6 Å². The molecule has 5 heteroatoms. The van der Waals surface area contributed by atoms with Gasteiger partial charge in [0.1, 0.15) is 0 Å². The molecule has 2 heterocycles. The first-order valence-corrected chi connectivity index (χ1v) is 9.02. The van der Waals surface area contributed by atoms with Gasteiger partial charge in [-0.1, -0.05) is 19.1 Å². The van der Waals surface area contributed by atoms with E-state index in [1.54, 1.807) is 0 Å². The van der Waals surface area contributed by atoms with Gasteiger partial charge in [-0.3, -0.25) is 4.98 Å². The van der Waals surface area contributed by atoms with Gasteiger partial charge in [0.25, 0.3) is 0 Å². The number of aryl methyl sites for hydroxylation is 1. The number of pyridine rings is 1. The maximum absolute atomic E-state index is 4.63. The molecule has 0 amide bonds. The molecule has 4 nitrogen and oxygen atoms in total. The second-order valence-electron chi connectivity index (χ2n) is 5.74. The average molecular weight is 331 g/mol. The molecule has 2 rings (SSSR count). The maximum Gasteiger partial charge on any atom is 0.191 e. The molecule has 2 aromatic heterocycles. The predicted molar refractivity (Wildman–Crippen MR) is 99.0 cm³/mol. The average Bonchev–Trinajstić information content (AvgIpc) is 3.03. The van der Waals surface area contributed by atoms with E-state index in [0.717, 1.165) is 36.9 Å². The highest BCUT2D eigenvalue weighted by molar-refractivity contribution is 7.09. The van der Waals surface area contributed by atoms with Gasteiger partial charge in [-0.25, -0.2) is 4.99 Å². The number of aliphatic imine (C=N–C) groups is 1.